The molecule has 0 aliphatic carbocycles. The van der Waals surface area contributed by atoms with E-state index in [-0.39, 0.29) is 12.4 Å². The molecule has 108 valence electrons. The lowest BCUT2D eigenvalue weighted by Crippen LogP contribution is -2.25. The Morgan fingerprint density at radius 1 is 1.05 bits per heavy atom. The second kappa shape index (κ2) is 8.56. The van der Waals surface area contributed by atoms with Crippen LogP contribution in [0.15, 0.2) is 48.8 Å². The van der Waals surface area contributed by atoms with E-state index in [1.165, 1.54) is 11.1 Å². The van der Waals surface area contributed by atoms with Crippen LogP contribution in [-0.2, 0) is 13.0 Å². The van der Waals surface area contributed by atoms with Gasteiger partial charge in [-0.2, -0.15) is 0 Å². The highest BCUT2D eigenvalue weighted by molar-refractivity contribution is 5.85. The van der Waals surface area contributed by atoms with Gasteiger partial charge in [-0.1, -0.05) is 12.1 Å². The molecule has 0 fully saturated rings. The molecule has 0 aliphatic rings. The molecule has 0 aliphatic heterocycles. The molecule has 20 heavy (non-hydrogen) atoms. The fourth-order valence-electron chi connectivity index (χ4n) is 1.94. The van der Waals surface area contributed by atoms with Crippen LogP contribution >= 0.6 is 12.4 Å². The number of hydrogen-bond donors (Lipinski definition) is 2. The van der Waals surface area contributed by atoms with Crippen LogP contribution in [0, 0.1) is 0 Å². The van der Waals surface area contributed by atoms with Crippen molar-refractivity contribution in [2.24, 2.45) is 0 Å². The number of hydrogen-bond acceptors (Lipinski definition) is 3. The molecule has 0 saturated carbocycles. The summed E-state index contributed by atoms with van der Waals surface area (Å²) in [6.07, 6.45) is 5.73. The van der Waals surface area contributed by atoms with Crippen molar-refractivity contribution in [2.75, 3.05) is 0 Å². The van der Waals surface area contributed by atoms with Gasteiger partial charge in [0.25, 0.3) is 0 Å². The minimum Gasteiger partial charge on any atom is -0.508 e. The molecule has 4 heteroatoms. The van der Waals surface area contributed by atoms with Crippen molar-refractivity contribution in [2.45, 2.75) is 32.4 Å². The topological polar surface area (TPSA) is 45.1 Å². The Kier molecular flexibility index (Phi) is 7.05. The lowest BCUT2D eigenvalue weighted by Gasteiger charge is -2.13. The van der Waals surface area contributed by atoms with Crippen LogP contribution in [0.4, 0.5) is 0 Å². The van der Waals surface area contributed by atoms with E-state index in [4.69, 9.17) is 0 Å². The summed E-state index contributed by atoms with van der Waals surface area (Å²) in [5, 5.41) is 12.7. The smallest absolute Gasteiger partial charge is 0.115 e. The molecule has 1 unspecified atom stereocenters. The first-order valence-electron chi connectivity index (χ1n) is 6.64. The van der Waals surface area contributed by atoms with E-state index < -0.39 is 0 Å². The first kappa shape index (κ1) is 16.5. The summed E-state index contributed by atoms with van der Waals surface area (Å²) in [6, 6.07) is 12.0. The van der Waals surface area contributed by atoms with E-state index in [0.717, 1.165) is 19.4 Å². The van der Waals surface area contributed by atoms with Gasteiger partial charge in [0.1, 0.15) is 5.75 Å². The number of halogens is 1. The van der Waals surface area contributed by atoms with Crippen molar-refractivity contribution in [1.82, 2.24) is 10.3 Å². The third-order valence-electron chi connectivity index (χ3n) is 3.21. The number of pyridine rings is 1. The third kappa shape index (κ3) is 5.59. The minimum absolute atomic E-state index is 0. The zero-order valence-corrected chi connectivity index (χ0v) is 12.4. The lowest BCUT2D eigenvalue weighted by molar-refractivity contribution is 0.474. The number of nitrogens with one attached hydrogen (secondary N) is 1. The molecule has 2 aromatic rings. The van der Waals surface area contributed by atoms with Gasteiger partial charge in [-0.3, -0.25) is 4.98 Å². The van der Waals surface area contributed by atoms with Crippen molar-refractivity contribution >= 4 is 12.4 Å². The first-order chi connectivity index (χ1) is 9.24. The predicted octanol–water partition coefficient (Wildman–Crippen LogP) is 3.32. The second-order valence-corrected chi connectivity index (χ2v) is 4.84. The summed E-state index contributed by atoms with van der Waals surface area (Å²) in [4.78, 5) is 4.01. The Morgan fingerprint density at radius 2 is 1.70 bits per heavy atom. The lowest BCUT2D eigenvalue weighted by atomic mass is 10.1. The number of benzene rings is 1. The molecule has 3 nitrogen and oxygen atoms in total. The molecule has 1 aromatic carbocycles. The van der Waals surface area contributed by atoms with Crippen LogP contribution in [0.5, 0.6) is 5.75 Å². The van der Waals surface area contributed by atoms with Gasteiger partial charge < -0.3 is 10.4 Å². The van der Waals surface area contributed by atoms with Crippen molar-refractivity contribution in [3.8, 4) is 5.75 Å². The highest BCUT2D eigenvalue weighted by Gasteiger charge is 2.02. The Labute approximate surface area is 126 Å². The molecule has 1 aromatic heterocycles. The monoisotopic (exact) mass is 292 g/mol. The van der Waals surface area contributed by atoms with Gasteiger partial charge in [-0.15, -0.1) is 12.4 Å². The molecular weight excluding hydrogens is 272 g/mol. The summed E-state index contributed by atoms with van der Waals surface area (Å²) in [7, 11) is 0. The summed E-state index contributed by atoms with van der Waals surface area (Å²) in [5.74, 6) is 0.326. The average Bonchev–Trinajstić information content (AvgIpc) is 2.45. The van der Waals surface area contributed by atoms with Gasteiger partial charge in [-0.05, 0) is 55.2 Å². The number of aromatic hydroxyl groups is 1. The Morgan fingerprint density at radius 3 is 2.35 bits per heavy atom. The highest BCUT2D eigenvalue weighted by Crippen LogP contribution is 2.12. The maximum absolute atomic E-state index is 9.23. The van der Waals surface area contributed by atoms with Crippen molar-refractivity contribution in [3.05, 3.63) is 59.9 Å². The van der Waals surface area contributed by atoms with E-state index in [0.29, 0.717) is 11.8 Å². The number of phenolic OH excluding ortho intramolecular Hbond substituents is 1. The highest BCUT2D eigenvalue weighted by atomic mass is 35.5. The van der Waals surface area contributed by atoms with Crippen LogP contribution in [0.3, 0.4) is 0 Å². The number of aryl methyl sites for hydroxylation is 1. The van der Waals surface area contributed by atoms with E-state index in [2.05, 4.69) is 17.2 Å². The fraction of sp³-hybridized carbons (Fsp3) is 0.312. The first-order valence-corrected chi connectivity index (χ1v) is 6.64. The molecule has 0 radical (unpaired) electrons. The van der Waals surface area contributed by atoms with E-state index in [9.17, 15) is 5.11 Å². The van der Waals surface area contributed by atoms with Crippen molar-refractivity contribution < 1.29 is 5.11 Å². The molecule has 1 heterocycles. The molecule has 0 spiro atoms. The van der Waals surface area contributed by atoms with Gasteiger partial charge >= 0.3 is 0 Å². The van der Waals surface area contributed by atoms with Crippen molar-refractivity contribution in [3.63, 3.8) is 0 Å². The van der Waals surface area contributed by atoms with Crippen LogP contribution in [0.25, 0.3) is 0 Å². The molecule has 2 N–H and O–H groups in total. The third-order valence-corrected chi connectivity index (χ3v) is 3.21. The maximum Gasteiger partial charge on any atom is 0.115 e. The number of nitrogens with zero attached hydrogens (tertiary/aromatic N) is 1. The standard InChI is InChI=1S/C16H20N2O.ClH/c1-13(18-12-15-8-10-17-11-9-15)2-3-14-4-6-16(19)7-5-14;/h4-11,13,18-19H,2-3,12H2,1H3;1H. The Balaban J connectivity index is 0.00000200. The normalized spacial score (nSPS) is 11.7. The molecule has 0 bridgehead atoms. The molecule has 1 atom stereocenters. The minimum atomic E-state index is 0. The van der Waals surface area contributed by atoms with Crippen LogP contribution in [-0.4, -0.2) is 16.1 Å². The van der Waals surface area contributed by atoms with E-state index in [1.807, 2.05) is 36.7 Å². The molecular formula is C16H21ClN2O. The van der Waals surface area contributed by atoms with Crippen molar-refractivity contribution in [1.29, 1.82) is 0 Å². The average molecular weight is 293 g/mol. The number of aromatic nitrogens is 1. The zero-order valence-electron chi connectivity index (χ0n) is 11.6. The SMILES string of the molecule is CC(CCc1ccc(O)cc1)NCc1ccncc1.Cl. The molecule has 0 saturated heterocycles. The summed E-state index contributed by atoms with van der Waals surface area (Å²) < 4.78 is 0. The Hall–Kier alpha value is -1.58. The quantitative estimate of drug-likeness (QED) is 0.858. The summed E-state index contributed by atoms with van der Waals surface area (Å²) in [5.41, 5.74) is 2.52. The molecule has 2 rings (SSSR count). The maximum atomic E-state index is 9.23. The van der Waals surface area contributed by atoms with Gasteiger partial charge in [0.05, 0.1) is 0 Å². The van der Waals surface area contributed by atoms with Gasteiger partial charge in [0.15, 0.2) is 0 Å². The van der Waals surface area contributed by atoms with Gasteiger partial charge in [0, 0.05) is 25.0 Å². The number of rotatable bonds is 6. The summed E-state index contributed by atoms with van der Waals surface area (Å²) in [6.45, 7) is 3.07. The van der Waals surface area contributed by atoms with Gasteiger partial charge in [-0.25, -0.2) is 0 Å². The Bertz CT molecular complexity index is 488. The van der Waals surface area contributed by atoms with E-state index >= 15 is 0 Å². The zero-order chi connectivity index (χ0) is 13.5. The van der Waals surface area contributed by atoms with Crippen LogP contribution in [0.2, 0.25) is 0 Å². The molecule has 0 amide bonds. The second-order valence-electron chi connectivity index (χ2n) is 4.84. The summed E-state index contributed by atoms with van der Waals surface area (Å²) >= 11 is 0. The number of phenols is 1. The van der Waals surface area contributed by atoms with Gasteiger partial charge in [0.2, 0.25) is 0 Å². The van der Waals surface area contributed by atoms with Crippen LogP contribution in [0.1, 0.15) is 24.5 Å². The predicted molar refractivity (Wildman–Crippen MR) is 84.2 cm³/mol. The van der Waals surface area contributed by atoms with E-state index in [1.54, 1.807) is 12.1 Å². The largest absolute Gasteiger partial charge is 0.508 e. The fourth-order valence-corrected chi connectivity index (χ4v) is 1.94. The van der Waals surface area contributed by atoms with Crippen LogP contribution < -0.4 is 5.32 Å².